The van der Waals surface area contributed by atoms with Gasteiger partial charge in [0.15, 0.2) is 5.78 Å². The number of Topliss-reactive ketones (excluding diaryl/α,β-unsaturated/α-hetero) is 1. The van der Waals surface area contributed by atoms with E-state index in [1.165, 1.54) is 32.1 Å². The van der Waals surface area contributed by atoms with Crippen LogP contribution in [0.5, 0.6) is 0 Å². The first kappa shape index (κ1) is 15.8. The molecule has 0 heterocycles. The topological polar surface area (TPSA) is 61.2 Å². The fourth-order valence-electron chi connectivity index (χ4n) is 7.41. The van der Waals surface area contributed by atoms with Crippen LogP contribution >= 0.6 is 0 Å². The van der Waals surface area contributed by atoms with Crippen molar-refractivity contribution >= 4 is 11.5 Å². The van der Waals surface area contributed by atoms with E-state index in [2.05, 4.69) is 13.8 Å². The van der Waals surface area contributed by atoms with Gasteiger partial charge in [0.1, 0.15) is 0 Å². The molecule has 0 aromatic heterocycles. The number of carbonyl (C=O) groups excluding carboxylic acids is 1. The van der Waals surface area contributed by atoms with Crippen molar-refractivity contribution in [2.24, 2.45) is 40.4 Å². The lowest BCUT2D eigenvalue weighted by Gasteiger charge is -2.60. The van der Waals surface area contributed by atoms with Crippen molar-refractivity contribution in [1.82, 2.24) is 0 Å². The van der Waals surface area contributed by atoms with E-state index in [1.807, 2.05) is 0 Å². The zero-order valence-corrected chi connectivity index (χ0v) is 14.6. The summed E-state index contributed by atoms with van der Waals surface area (Å²) < 4.78 is 0. The molecular formula is C20H31NO2. The Kier molecular flexibility index (Phi) is 3.54. The minimum absolute atomic E-state index is 0.104. The average molecular weight is 317 g/mol. The summed E-state index contributed by atoms with van der Waals surface area (Å²) in [5, 5.41) is 18.1. The van der Waals surface area contributed by atoms with E-state index in [-0.39, 0.29) is 17.1 Å². The molecule has 3 nitrogen and oxygen atoms in total. The lowest BCUT2D eigenvalue weighted by molar-refractivity contribution is -0.122. The van der Waals surface area contributed by atoms with Gasteiger partial charge in [0.25, 0.3) is 0 Å². The van der Waals surface area contributed by atoms with Crippen LogP contribution in [0.2, 0.25) is 0 Å². The molecule has 128 valence electrons. The summed E-state index contributed by atoms with van der Waals surface area (Å²) in [6.45, 7) is 5.17. The maximum atomic E-state index is 12.0. The molecule has 2 N–H and O–H groups in total. The Morgan fingerprint density at radius 1 is 1.04 bits per heavy atom. The van der Waals surface area contributed by atoms with Gasteiger partial charge in [-0.1, -0.05) is 13.8 Å². The minimum Gasteiger partial charge on any atom is -0.396 e. The summed E-state index contributed by atoms with van der Waals surface area (Å²) in [7, 11) is 0. The van der Waals surface area contributed by atoms with E-state index < -0.39 is 0 Å². The van der Waals surface area contributed by atoms with E-state index in [9.17, 15) is 9.90 Å². The number of aliphatic hydroxyl groups excluding tert-OH is 1. The quantitative estimate of drug-likeness (QED) is 0.772. The van der Waals surface area contributed by atoms with Gasteiger partial charge in [-0.05, 0) is 79.4 Å². The van der Waals surface area contributed by atoms with Gasteiger partial charge in [0, 0.05) is 18.9 Å². The summed E-state index contributed by atoms with van der Waals surface area (Å²) in [6.07, 6.45) is 8.76. The third kappa shape index (κ3) is 1.98. The number of hydrogen-bond acceptors (Lipinski definition) is 3. The molecule has 3 heteroatoms. The molecule has 4 fully saturated rings. The molecule has 0 saturated heterocycles. The van der Waals surface area contributed by atoms with Crippen molar-refractivity contribution in [1.29, 1.82) is 5.41 Å². The number of nitrogens with one attached hydrogen (secondary N) is 1. The molecule has 4 aliphatic carbocycles. The maximum Gasteiger partial charge on any atom is 0.176 e. The maximum absolute atomic E-state index is 12.0. The smallest absolute Gasteiger partial charge is 0.176 e. The number of aliphatic hydroxyl groups is 1. The van der Waals surface area contributed by atoms with Crippen molar-refractivity contribution in [3.8, 4) is 0 Å². The third-order valence-electron chi connectivity index (χ3n) is 8.83. The minimum atomic E-state index is 0.104. The molecule has 0 aliphatic heterocycles. The molecule has 0 bridgehead atoms. The molecule has 4 saturated carbocycles. The van der Waals surface area contributed by atoms with Crippen molar-refractivity contribution in [2.45, 2.75) is 65.2 Å². The van der Waals surface area contributed by atoms with Gasteiger partial charge in [0.05, 0.1) is 5.71 Å². The van der Waals surface area contributed by atoms with Crippen molar-refractivity contribution in [2.75, 3.05) is 6.61 Å². The summed E-state index contributed by atoms with van der Waals surface area (Å²) in [4.78, 5) is 12.0. The first-order valence-corrected chi connectivity index (χ1v) is 9.64. The fourth-order valence-corrected chi connectivity index (χ4v) is 7.41. The highest BCUT2D eigenvalue weighted by molar-refractivity contribution is 6.40. The first-order valence-electron chi connectivity index (χ1n) is 9.64. The van der Waals surface area contributed by atoms with Crippen LogP contribution in [0.3, 0.4) is 0 Å². The van der Waals surface area contributed by atoms with Crippen LogP contribution in [0, 0.1) is 45.8 Å². The zero-order chi connectivity index (χ0) is 16.4. The molecule has 2 unspecified atom stereocenters. The highest BCUT2D eigenvalue weighted by Gasteiger charge is 2.60. The van der Waals surface area contributed by atoms with E-state index in [0.717, 1.165) is 24.7 Å². The average Bonchev–Trinajstić information content (AvgIpc) is 2.88. The predicted molar refractivity (Wildman–Crippen MR) is 90.4 cm³/mol. The summed E-state index contributed by atoms with van der Waals surface area (Å²) in [6, 6.07) is 0. The normalized spacial score (nSPS) is 52.7. The molecule has 0 radical (unpaired) electrons. The number of carbonyl (C=O) groups is 1. The molecule has 4 rings (SSSR count). The fraction of sp³-hybridized carbons (Fsp3) is 0.900. The van der Waals surface area contributed by atoms with E-state index in [1.54, 1.807) is 0 Å². The van der Waals surface area contributed by atoms with Crippen molar-refractivity contribution < 1.29 is 9.90 Å². The van der Waals surface area contributed by atoms with Crippen LogP contribution in [-0.2, 0) is 4.79 Å². The highest BCUT2D eigenvalue weighted by Crippen LogP contribution is 2.66. The van der Waals surface area contributed by atoms with Crippen LogP contribution in [-0.4, -0.2) is 23.2 Å². The van der Waals surface area contributed by atoms with Gasteiger partial charge in [-0.25, -0.2) is 0 Å². The number of fused-ring (bicyclic) bond motifs is 5. The zero-order valence-electron chi connectivity index (χ0n) is 14.6. The first-order chi connectivity index (χ1) is 10.9. The van der Waals surface area contributed by atoms with Gasteiger partial charge in [-0.3, -0.25) is 4.79 Å². The van der Waals surface area contributed by atoms with E-state index in [4.69, 9.17) is 5.41 Å². The summed E-state index contributed by atoms with van der Waals surface area (Å²) in [5.41, 5.74) is 0.939. The molecule has 0 aromatic carbocycles. The summed E-state index contributed by atoms with van der Waals surface area (Å²) in [5.74, 6) is 3.00. The van der Waals surface area contributed by atoms with E-state index in [0.29, 0.717) is 36.0 Å². The number of rotatable bonds is 1. The van der Waals surface area contributed by atoms with Gasteiger partial charge >= 0.3 is 0 Å². The summed E-state index contributed by atoms with van der Waals surface area (Å²) >= 11 is 0. The lowest BCUT2D eigenvalue weighted by atomic mass is 9.44. The Balaban J connectivity index is 1.65. The predicted octanol–water partition coefficient (Wildman–Crippen LogP) is 3.84. The third-order valence-corrected chi connectivity index (χ3v) is 8.83. The Hall–Kier alpha value is -0.700. The molecular weight excluding hydrogens is 286 g/mol. The number of hydrogen-bond donors (Lipinski definition) is 2. The van der Waals surface area contributed by atoms with Gasteiger partial charge in [-0.2, -0.15) is 0 Å². The SMILES string of the molecule is C[C@]12CCC(=O)C(=N)C1CC[C@@H]1[C@H]2CC[C@]2(C)C(CO)CC[C@@H]12. The van der Waals surface area contributed by atoms with Gasteiger partial charge < -0.3 is 10.5 Å². The molecule has 23 heavy (non-hydrogen) atoms. The molecule has 0 spiro atoms. The van der Waals surface area contributed by atoms with E-state index >= 15 is 0 Å². The standard InChI is InChI=1S/C20H31NO2/c1-19-9-7-15-13(14(19)5-3-12(19)11-22)4-6-16-18(21)17(23)8-10-20(15,16)2/h12-16,21-22H,3-11H2,1-2H3/t12?,13-,14-,15+,16?,19+,20+/m0/s1. The Morgan fingerprint density at radius 2 is 1.78 bits per heavy atom. The van der Waals surface area contributed by atoms with Crippen molar-refractivity contribution in [3.63, 3.8) is 0 Å². The van der Waals surface area contributed by atoms with Crippen LogP contribution in [0.15, 0.2) is 0 Å². The molecule has 0 aromatic rings. The second kappa shape index (κ2) is 5.15. The largest absolute Gasteiger partial charge is 0.396 e. The second-order valence-corrected chi connectivity index (χ2v) is 9.35. The Labute approximate surface area is 139 Å². The second-order valence-electron chi connectivity index (χ2n) is 9.35. The number of ketones is 1. The molecule has 4 aliphatic rings. The van der Waals surface area contributed by atoms with Crippen molar-refractivity contribution in [3.05, 3.63) is 0 Å². The Morgan fingerprint density at radius 3 is 2.52 bits per heavy atom. The lowest BCUT2D eigenvalue weighted by Crippen LogP contribution is -2.56. The molecule has 0 amide bonds. The van der Waals surface area contributed by atoms with Gasteiger partial charge in [-0.15, -0.1) is 0 Å². The van der Waals surface area contributed by atoms with Crippen LogP contribution < -0.4 is 0 Å². The van der Waals surface area contributed by atoms with Crippen LogP contribution in [0.25, 0.3) is 0 Å². The highest BCUT2D eigenvalue weighted by atomic mass is 16.3. The van der Waals surface area contributed by atoms with Crippen LogP contribution in [0.4, 0.5) is 0 Å². The van der Waals surface area contributed by atoms with Gasteiger partial charge in [0.2, 0.25) is 0 Å². The Bertz CT molecular complexity index is 544. The monoisotopic (exact) mass is 317 g/mol. The van der Waals surface area contributed by atoms with Crippen LogP contribution in [0.1, 0.15) is 65.2 Å². The molecule has 7 atom stereocenters.